The number of carbonyl (C=O) groups is 2. The van der Waals surface area contributed by atoms with Gasteiger partial charge in [0.1, 0.15) is 35.5 Å². The van der Waals surface area contributed by atoms with Gasteiger partial charge in [0.05, 0.1) is 24.4 Å². The third-order valence-corrected chi connectivity index (χ3v) is 8.44. The van der Waals surface area contributed by atoms with Crippen LogP contribution in [0.1, 0.15) is 54.4 Å². The summed E-state index contributed by atoms with van der Waals surface area (Å²) in [5.74, 6) is -1.64. The lowest BCUT2D eigenvalue weighted by Crippen LogP contribution is -2.40. The molecule has 4 heterocycles. The van der Waals surface area contributed by atoms with E-state index in [0.717, 1.165) is 28.3 Å². The van der Waals surface area contributed by atoms with Crippen LogP contribution in [0.4, 0.5) is 10.1 Å². The molecule has 10 nitrogen and oxygen atoms in total. The number of hydrogen-bond donors (Lipinski definition) is 4. The lowest BCUT2D eigenvalue weighted by atomic mass is 9.95. The van der Waals surface area contributed by atoms with Gasteiger partial charge in [0.2, 0.25) is 0 Å². The predicted octanol–water partition coefficient (Wildman–Crippen LogP) is 4.12. The van der Waals surface area contributed by atoms with Crippen LogP contribution >= 0.6 is 0 Å². The average Bonchev–Trinajstić information content (AvgIpc) is 3.38. The maximum Gasteiger partial charge on any atom is 0.265 e. The highest BCUT2D eigenvalue weighted by atomic mass is 19.1. The van der Waals surface area contributed by atoms with Gasteiger partial charge in [0.15, 0.2) is 0 Å². The number of aliphatic hydroxyl groups is 3. The number of nitrogens with one attached hydrogen (secondary N) is 1. The first kappa shape index (κ1) is 30.4. The number of aromatic nitrogens is 2. The van der Waals surface area contributed by atoms with Gasteiger partial charge in [-0.3, -0.25) is 9.59 Å². The van der Waals surface area contributed by atoms with Gasteiger partial charge >= 0.3 is 0 Å². The predicted molar refractivity (Wildman–Crippen MR) is 167 cm³/mol. The summed E-state index contributed by atoms with van der Waals surface area (Å²) in [6, 6.07) is 11.8. The first-order valence-corrected chi connectivity index (χ1v) is 14.9. The molecule has 234 valence electrons. The molecule has 11 heteroatoms. The summed E-state index contributed by atoms with van der Waals surface area (Å²) in [6.07, 6.45) is 3.18. The van der Waals surface area contributed by atoms with E-state index < -0.39 is 23.4 Å². The molecular formula is C34H35FN4O6. The third-order valence-electron chi connectivity index (χ3n) is 8.44. The van der Waals surface area contributed by atoms with Crippen molar-refractivity contribution in [3.63, 3.8) is 0 Å². The number of rotatable bonds is 6. The van der Waals surface area contributed by atoms with Crippen molar-refractivity contribution in [3.8, 4) is 16.9 Å². The summed E-state index contributed by atoms with van der Waals surface area (Å²) in [6.45, 7) is 5.21. The monoisotopic (exact) mass is 614 g/mol. The van der Waals surface area contributed by atoms with Crippen LogP contribution in [0.5, 0.6) is 5.75 Å². The number of nitrogens with zero attached hydrogens (tertiary/aromatic N) is 3. The zero-order valence-corrected chi connectivity index (χ0v) is 25.3. The van der Waals surface area contributed by atoms with E-state index in [-0.39, 0.29) is 37.0 Å². The van der Waals surface area contributed by atoms with Crippen molar-refractivity contribution in [1.82, 2.24) is 14.9 Å². The molecule has 0 aliphatic carbocycles. The molecule has 0 radical (unpaired) electrons. The highest BCUT2D eigenvalue weighted by molar-refractivity contribution is 6.09. The fourth-order valence-electron chi connectivity index (χ4n) is 6.03. The number of carbonyl (C=O) groups excluding carboxylic acids is 2. The second-order valence-corrected chi connectivity index (χ2v) is 11.9. The summed E-state index contributed by atoms with van der Waals surface area (Å²) in [7, 11) is 0. The molecule has 0 bridgehead atoms. The second-order valence-electron chi connectivity index (χ2n) is 11.9. The van der Waals surface area contributed by atoms with Crippen LogP contribution in [0, 0.1) is 5.82 Å². The molecule has 45 heavy (non-hydrogen) atoms. The smallest absolute Gasteiger partial charge is 0.265 e. The zero-order chi connectivity index (χ0) is 32.0. The molecule has 2 aromatic heterocycles. The van der Waals surface area contributed by atoms with Crippen LogP contribution in [-0.4, -0.2) is 74.3 Å². The molecule has 0 saturated heterocycles. The Labute approximate surface area is 259 Å². The van der Waals surface area contributed by atoms with Gasteiger partial charge in [-0.1, -0.05) is 18.2 Å². The van der Waals surface area contributed by atoms with Crippen molar-refractivity contribution in [1.29, 1.82) is 0 Å². The van der Waals surface area contributed by atoms with Gasteiger partial charge < -0.3 is 34.8 Å². The highest BCUT2D eigenvalue weighted by Crippen LogP contribution is 2.39. The lowest BCUT2D eigenvalue weighted by Gasteiger charge is -2.27. The van der Waals surface area contributed by atoms with Gasteiger partial charge in [-0.25, -0.2) is 9.37 Å². The molecule has 2 aromatic carbocycles. The van der Waals surface area contributed by atoms with Crippen molar-refractivity contribution in [2.45, 2.75) is 45.5 Å². The van der Waals surface area contributed by atoms with Gasteiger partial charge in [0.25, 0.3) is 11.8 Å². The fourth-order valence-corrected chi connectivity index (χ4v) is 6.03. The second kappa shape index (κ2) is 11.7. The number of anilines is 1. The minimum absolute atomic E-state index is 0.0624. The first-order valence-electron chi connectivity index (χ1n) is 14.9. The van der Waals surface area contributed by atoms with Gasteiger partial charge in [0, 0.05) is 35.9 Å². The Kier molecular flexibility index (Phi) is 7.94. The van der Waals surface area contributed by atoms with Gasteiger partial charge in [-0.15, -0.1) is 0 Å². The SMILES string of the molecule is CC(O)C(=O)N1CC=C(c2cc3c(-c4cccc(N5CCOc6cc(C(C)(C)O)cc(F)c6C5=O)c4CO)ccnc3[nH]2)CC1. The van der Waals surface area contributed by atoms with E-state index in [0.29, 0.717) is 47.5 Å². The molecule has 2 aliphatic rings. The summed E-state index contributed by atoms with van der Waals surface area (Å²) < 4.78 is 21.2. The number of fused-ring (bicyclic) bond motifs is 2. The normalized spacial score (nSPS) is 16.2. The average molecular weight is 615 g/mol. The summed E-state index contributed by atoms with van der Waals surface area (Å²) in [5, 5.41) is 31.5. The van der Waals surface area contributed by atoms with E-state index >= 15 is 4.39 Å². The van der Waals surface area contributed by atoms with Crippen LogP contribution in [-0.2, 0) is 17.0 Å². The van der Waals surface area contributed by atoms with Crippen LogP contribution in [0.25, 0.3) is 27.7 Å². The Balaban J connectivity index is 1.38. The fraction of sp³-hybridized carbons (Fsp3) is 0.324. The summed E-state index contributed by atoms with van der Waals surface area (Å²) in [5.41, 5.74) is 3.64. The number of aliphatic hydroxyl groups excluding tert-OH is 2. The van der Waals surface area contributed by atoms with E-state index in [2.05, 4.69) is 9.97 Å². The standard InChI is InChI=1S/C34H35FN4O6/c1-19(41)32(42)38-11-8-20(9-12-38)27-17-24-23(7-10-36-31(24)37-27)22-5-4-6-28(25(22)18-40)39-13-14-45-29-16-21(34(2,3)44)15-26(35)30(29)33(39)43/h4-8,10,15-17,19,40-41,44H,9,11-14,18H2,1-3H3,(H,36,37). The number of amides is 2. The summed E-state index contributed by atoms with van der Waals surface area (Å²) in [4.78, 5) is 37.0. The number of benzene rings is 2. The topological polar surface area (TPSA) is 139 Å². The van der Waals surface area contributed by atoms with Crippen molar-refractivity contribution >= 4 is 34.1 Å². The number of halogens is 1. The van der Waals surface area contributed by atoms with Crippen LogP contribution in [0.2, 0.25) is 0 Å². The molecule has 2 amide bonds. The molecule has 0 fully saturated rings. The van der Waals surface area contributed by atoms with E-state index in [1.807, 2.05) is 24.3 Å². The molecule has 2 aliphatic heterocycles. The maximum atomic E-state index is 15.4. The van der Waals surface area contributed by atoms with E-state index in [4.69, 9.17) is 4.74 Å². The first-order chi connectivity index (χ1) is 21.5. The zero-order valence-electron chi connectivity index (χ0n) is 25.3. The van der Waals surface area contributed by atoms with Gasteiger partial charge in [-0.2, -0.15) is 0 Å². The summed E-state index contributed by atoms with van der Waals surface area (Å²) >= 11 is 0. The Bertz CT molecular complexity index is 1840. The van der Waals surface area contributed by atoms with Crippen molar-refractivity contribution in [2.24, 2.45) is 0 Å². The minimum Gasteiger partial charge on any atom is -0.491 e. The molecule has 1 unspecified atom stereocenters. The number of hydrogen-bond acceptors (Lipinski definition) is 7. The molecule has 1 atom stereocenters. The minimum atomic E-state index is -1.33. The molecule has 4 aromatic rings. The third kappa shape index (κ3) is 5.58. The number of ether oxygens (including phenoxy) is 1. The Hall–Kier alpha value is -4.58. The molecule has 4 N–H and O–H groups in total. The Morgan fingerprint density at radius 2 is 1.98 bits per heavy atom. The van der Waals surface area contributed by atoms with E-state index in [9.17, 15) is 24.9 Å². The van der Waals surface area contributed by atoms with Gasteiger partial charge in [-0.05, 0) is 79.8 Å². The van der Waals surface area contributed by atoms with Crippen molar-refractivity contribution in [3.05, 3.63) is 82.9 Å². The molecule has 0 saturated carbocycles. The van der Waals surface area contributed by atoms with Crippen LogP contribution in [0.15, 0.2) is 54.7 Å². The largest absolute Gasteiger partial charge is 0.491 e. The van der Waals surface area contributed by atoms with Crippen LogP contribution in [0.3, 0.4) is 0 Å². The van der Waals surface area contributed by atoms with Crippen LogP contribution < -0.4 is 9.64 Å². The Morgan fingerprint density at radius 1 is 1.18 bits per heavy atom. The number of aromatic amines is 1. The van der Waals surface area contributed by atoms with Crippen molar-refractivity contribution in [2.75, 3.05) is 31.1 Å². The van der Waals surface area contributed by atoms with Crippen molar-refractivity contribution < 1.29 is 34.0 Å². The van der Waals surface area contributed by atoms with E-state index in [1.165, 1.54) is 31.7 Å². The highest BCUT2D eigenvalue weighted by Gasteiger charge is 2.32. The lowest BCUT2D eigenvalue weighted by molar-refractivity contribution is -0.138. The number of H-pyrrole nitrogens is 1. The maximum absolute atomic E-state index is 15.4. The van der Waals surface area contributed by atoms with E-state index in [1.54, 1.807) is 23.2 Å². The molecular weight excluding hydrogens is 579 g/mol. The Morgan fingerprint density at radius 3 is 2.67 bits per heavy atom. The number of pyridine rings is 1. The quantitative estimate of drug-likeness (QED) is 0.256. The molecule has 0 spiro atoms. The molecule has 6 rings (SSSR count).